The molecule has 0 bridgehead atoms. The summed E-state index contributed by atoms with van der Waals surface area (Å²) in [6.07, 6.45) is -4.98. The molecule has 0 radical (unpaired) electrons. The van der Waals surface area contributed by atoms with Gasteiger partial charge >= 0.3 is 12.1 Å². The number of nitrogens with zero attached hydrogens (tertiary/aromatic N) is 1. The Morgan fingerprint density at radius 1 is 1.31 bits per heavy atom. The molecule has 0 spiro atoms. The molecule has 8 nitrogen and oxygen atoms in total. The van der Waals surface area contributed by atoms with Crippen LogP contribution in [0.2, 0.25) is 0 Å². The zero-order valence-corrected chi connectivity index (χ0v) is 15.4. The van der Waals surface area contributed by atoms with Crippen LogP contribution in [-0.4, -0.2) is 35.7 Å². The number of hydrogen-bond acceptors (Lipinski definition) is 6. The van der Waals surface area contributed by atoms with Gasteiger partial charge in [0.2, 0.25) is 6.54 Å². The summed E-state index contributed by atoms with van der Waals surface area (Å²) < 4.78 is 43.5. The Hall–Kier alpha value is -2.98. The van der Waals surface area contributed by atoms with Crippen molar-refractivity contribution in [3.05, 3.63) is 39.9 Å². The molecule has 0 aliphatic heterocycles. The normalized spacial score (nSPS) is 21.7. The zero-order valence-electron chi connectivity index (χ0n) is 15.4. The summed E-state index contributed by atoms with van der Waals surface area (Å²) in [4.78, 5) is 46.0. The van der Waals surface area contributed by atoms with E-state index in [1.807, 2.05) is 5.32 Å². The number of nitro groups is 1. The molecule has 1 aromatic rings. The number of esters is 1. The van der Waals surface area contributed by atoms with Gasteiger partial charge in [-0.15, -0.1) is 0 Å². The van der Waals surface area contributed by atoms with Crippen molar-refractivity contribution in [2.45, 2.75) is 25.9 Å². The minimum atomic E-state index is -4.67. The molecule has 1 aromatic carbocycles. The first kappa shape index (κ1) is 22.3. The number of carbonyl (C=O) groups excluding carboxylic acids is 3. The van der Waals surface area contributed by atoms with Gasteiger partial charge in [0.25, 0.3) is 5.91 Å². The minimum absolute atomic E-state index is 0.116. The van der Waals surface area contributed by atoms with Gasteiger partial charge in [0.15, 0.2) is 6.61 Å². The third-order valence-electron chi connectivity index (χ3n) is 4.80. The van der Waals surface area contributed by atoms with E-state index >= 15 is 0 Å². The molecule has 3 atom stereocenters. The monoisotopic (exact) mass is 416 g/mol. The largest absolute Gasteiger partial charge is 0.456 e. The summed E-state index contributed by atoms with van der Waals surface area (Å²) in [6, 6.07) is 4.33. The second-order valence-electron chi connectivity index (χ2n) is 6.89. The number of Topliss-reactive ketones (excluding diaryl/α,β-unsaturated/α-hetero) is 1. The number of ketones is 1. The number of nitrogens with one attached hydrogen (secondary N) is 1. The maximum atomic E-state index is 12.9. The van der Waals surface area contributed by atoms with Crippen LogP contribution in [-0.2, 0) is 25.3 Å². The molecule has 158 valence electrons. The topological polar surface area (TPSA) is 116 Å². The third kappa shape index (κ3) is 6.00. The maximum absolute atomic E-state index is 12.9. The summed E-state index contributed by atoms with van der Waals surface area (Å²) in [7, 11) is 0. The van der Waals surface area contributed by atoms with Crippen LogP contribution in [0, 0.1) is 27.9 Å². The predicted molar refractivity (Wildman–Crippen MR) is 93.3 cm³/mol. The Bertz CT molecular complexity index is 811. The molecule has 0 saturated heterocycles. The summed E-state index contributed by atoms with van der Waals surface area (Å²) in [6.45, 7) is 0.379. The molecular weight excluding hydrogens is 397 g/mol. The van der Waals surface area contributed by atoms with E-state index < -0.39 is 65.6 Å². The number of benzene rings is 1. The number of carbonyl (C=O) groups is 3. The average Bonchev–Trinajstić information content (AvgIpc) is 2.86. The molecule has 1 saturated carbocycles. The van der Waals surface area contributed by atoms with Crippen LogP contribution < -0.4 is 5.32 Å². The van der Waals surface area contributed by atoms with E-state index in [-0.39, 0.29) is 18.1 Å². The lowest BCUT2D eigenvalue weighted by molar-refractivity contribution is -0.490. The predicted octanol–water partition coefficient (Wildman–Crippen LogP) is 2.70. The van der Waals surface area contributed by atoms with Crippen molar-refractivity contribution in [2.24, 2.45) is 17.8 Å². The lowest BCUT2D eigenvalue weighted by Gasteiger charge is -2.17. The highest BCUT2D eigenvalue weighted by molar-refractivity contribution is 5.94. The second kappa shape index (κ2) is 9.01. The molecule has 1 fully saturated rings. The summed E-state index contributed by atoms with van der Waals surface area (Å²) in [5, 5.41) is 12.8. The fraction of sp³-hybridized carbons (Fsp3) is 0.500. The number of rotatable bonds is 7. The van der Waals surface area contributed by atoms with Crippen LogP contribution in [0.1, 0.15) is 25.3 Å². The van der Waals surface area contributed by atoms with Gasteiger partial charge in [-0.2, -0.15) is 13.2 Å². The van der Waals surface area contributed by atoms with E-state index in [2.05, 4.69) is 0 Å². The fourth-order valence-corrected chi connectivity index (χ4v) is 3.41. The van der Waals surface area contributed by atoms with E-state index in [1.165, 1.54) is 12.1 Å². The van der Waals surface area contributed by atoms with Crippen molar-refractivity contribution >= 4 is 23.3 Å². The van der Waals surface area contributed by atoms with Gasteiger partial charge in [-0.3, -0.25) is 24.5 Å². The van der Waals surface area contributed by atoms with E-state index in [4.69, 9.17) is 4.74 Å². The van der Waals surface area contributed by atoms with Crippen molar-refractivity contribution in [3.63, 3.8) is 0 Å². The van der Waals surface area contributed by atoms with Gasteiger partial charge in [-0.25, -0.2) is 0 Å². The number of para-hydroxylation sites is 1. The smallest absolute Gasteiger partial charge is 0.418 e. The summed E-state index contributed by atoms with van der Waals surface area (Å²) in [5.74, 6) is -3.94. The Labute approximate surface area is 163 Å². The lowest BCUT2D eigenvalue weighted by atomic mass is 9.88. The average molecular weight is 416 g/mol. The van der Waals surface area contributed by atoms with E-state index in [0.717, 1.165) is 12.1 Å². The highest BCUT2D eigenvalue weighted by Crippen LogP contribution is 2.37. The van der Waals surface area contributed by atoms with Crippen molar-refractivity contribution in [2.75, 3.05) is 18.5 Å². The first-order valence-electron chi connectivity index (χ1n) is 8.75. The van der Waals surface area contributed by atoms with Crippen molar-refractivity contribution < 1.29 is 37.2 Å². The van der Waals surface area contributed by atoms with Crippen LogP contribution >= 0.6 is 0 Å². The second-order valence-corrected chi connectivity index (χ2v) is 6.89. The molecular formula is C18H19F3N2O6. The van der Waals surface area contributed by atoms with Gasteiger partial charge in [0.05, 0.1) is 17.7 Å². The molecule has 0 heterocycles. The number of amides is 1. The number of alkyl halides is 3. The first-order valence-corrected chi connectivity index (χ1v) is 8.75. The molecule has 1 aliphatic rings. The van der Waals surface area contributed by atoms with Gasteiger partial charge in [0.1, 0.15) is 5.78 Å². The fourth-order valence-electron chi connectivity index (χ4n) is 3.41. The van der Waals surface area contributed by atoms with E-state index in [9.17, 15) is 37.7 Å². The molecule has 0 unspecified atom stereocenters. The Morgan fingerprint density at radius 2 is 1.97 bits per heavy atom. The van der Waals surface area contributed by atoms with Gasteiger partial charge in [0, 0.05) is 23.2 Å². The molecule has 1 N–H and O–H groups in total. The highest BCUT2D eigenvalue weighted by atomic mass is 19.4. The number of hydrogen-bond donors (Lipinski definition) is 1. The van der Waals surface area contributed by atoms with Crippen LogP contribution in [0.4, 0.5) is 18.9 Å². The molecule has 1 amide bonds. The zero-order chi connectivity index (χ0) is 21.8. The number of halogens is 3. The van der Waals surface area contributed by atoms with Crippen molar-refractivity contribution in [1.29, 1.82) is 0 Å². The number of ether oxygens (including phenoxy) is 1. The van der Waals surface area contributed by atoms with Crippen molar-refractivity contribution in [1.82, 2.24) is 0 Å². The van der Waals surface area contributed by atoms with Gasteiger partial charge in [-0.05, 0) is 18.1 Å². The Kier molecular flexibility index (Phi) is 6.93. The van der Waals surface area contributed by atoms with Gasteiger partial charge < -0.3 is 10.1 Å². The minimum Gasteiger partial charge on any atom is -0.456 e. The molecule has 29 heavy (non-hydrogen) atoms. The standard InChI is InChI=1S/C18H19F3N2O6/c1-10-6-15(24)11(12(10)8-23(27)28)7-17(26)29-9-16(25)22-14-5-3-2-4-13(14)18(19,20)21/h2-5,10-12H,6-9H2,1H3,(H,22,25)/t10-,11+,12+/m0/s1. The Morgan fingerprint density at radius 3 is 2.59 bits per heavy atom. The maximum Gasteiger partial charge on any atom is 0.418 e. The highest BCUT2D eigenvalue weighted by Gasteiger charge is 2.44. The van der Waals surface area contributed by atoms with Crippen LogP contribution in [0.15, 0.2) is 24.3 Å². The van der Waals surface area contributed by atoms with Gasteiger partial charge in [-0.1, -0.05) is 19.1 Å². The van der Waals surface area contributed by atoms with Crippen LogP contribution in [0.3, 0.4) is 0 Å². The third-order valence-corrected chi connectivity index (χ3v) is 4.80. The quantitative estimate of drug-likeness (QED) is 0.415. The molecule has 11 heteroatoms. The number of anilines is 1. The molecule has 1 aliphatic carbocycles. The van der Waals surface area contributed by atoms with E-state index in [1.54, 1.807) is 6.92 Å². The lowest BCUT2D eigenvalue weighted by Crippen LogP contribution is -2.28. The first-order chi connectivity index (χ1) is 13.5. The molecule has 2 rings (SSSR count). The summed E-state index contributed by atoms with van der Waals surface area (Å²) in [5.41, 5.74) is -1.53. The Balaban J connectivity index is 1.92. The SMILES string of the molecule is C[C@H]1CC(=O)[C@H](CC(=O)OCC(=O)Nc2ccccc2C(F)(F)F)[C@@H]1C[N+](=O)[O-]. The van der Waals surface area contributed by atoms with Crippen LogP contribution in [0.25, 0.3) is 0 Å². The summed E-state index contributed by atoms with van der Waals surface area (Å²) >= 11 is 0. The van der Waals surface area contributed by atoms with E-state index in [0.29, 0.717) is 0 Å². The molecule has 0 aromatic heterocycles. The van der Waals surface area contributed by atoms with Crippen molar-refractivity contribution in [3.8, 4) is 0 Å². The van der Waals surface area contributed by atoms with Crippen LogP contribution in [0.5, 0.6) is 0 Å².